The number of nitrogens with zero attached hydrogens (tertiary/aromatic N) is 3. The van der Waals surface area contributed by atoms with Gasteiger partial charge in [0.1, 0.15) is 18.2 Å². The summed E-state index contributed by atoms with van der Waals surface area (Å²) in [6, 6.07) is 12.6. The Bertz CT molecular complexity index is 1660. The Morgan fingerprint density at radius 3 is 2.45 bits per heavy atom. The zero-order chi connectivity index (χ0) is 27.6. The van der Waals surface area contributed by atoms with E-state index in [9.17, 15) is 22.7 Å². The summed E-state index contributed by atoms with van der Waals surface area (Å²) in [5.74, 6) is -2.73. The number of ether oxygens (including phenoxy) is 1. The first-order valence-corrected chi connectivity index (χ1v) is 13.2. The molecule has 0 saturated carbocycles. The fourth-order valence-corrected chi connectivity index (χ4v) is 5.52. The van der Waals surface area contributed by atoms with Crippen LogP contribution >= 0.6 is 0 Å². The molecule has 8 nitrogen and oxygen atoms in total. The molecule has 4 aromatic rings. The van der Waals surface area contributed by atoms with Crippen molar-refractivity contribution in [3.63, 3.8) is 0 Å². The first kappa shape index (κ1) is 27.1. The van der Waals surface area contributed by atoms with Crippen molar-refractivity contribution < 1.29 is 27.0 Å². The summed E-state index contributed by atoms with van der Waals surface area (Å²) in [4.78, 5) is 19.6. The molecular weight excluding hydrogens is 516 g/mol. The van der Waals surface area contributed by atoms with E-state index in [4.69, 9.17) is 4.74 Å². The van der Waals surface area contributed by atoms with Crippen molar-refractivity contribution in [1.82, 2.24) is 14.5 Å². The van der Waals surface area contributed by atoms with Gasteiger partial charge in [0.05, 0.1) is 10.9 Å². The van der Waals surface area contributed by atoms with E-state index in [0.29, 0.717) is 12.2 Å². The number of halogens is 2. The minimum atomic E-state index is -4.73. The molecule has 0 radical (unpaired) electrons. The normalized spacial score (nSPS) is 12.4. The number of benzene rings is 2. The second-order valence-corrected chi connectivity index (χ2v) is 10.4. The van der Waals surface area contributed by atoms with Crippen molar-refractivity contribution in [1.29, 1.82) is 0 Å². The molecule has 0 saturated heterocycles. The summed E-state index contributed by atoms with van der Waals surface area (Å²) < 4.78 is 62.7. The summed E-state index contributed by atoms with van der Waals surface area (Å²) in [7, 11) is -4.73. The maximum absolute atomic E-state index is 15.1. The van der Waals surface area contributed by atoms with Crippen LogP contribution in [0.15, 0.2) is 75.4 Å². The maximum Gasteiger partial charge on any atom is 0.277 e. The van der Waals surface area contributed by atoms with Crippen LogP contribution in [0, 0.1) is 18.7 Å². The number of aromatic nitrogens is 3. The third kappa shape index (κ3) is 4.94. The molecule has 0 bridgehead atoms. The van der Waals surface area contributed by atoms with E-state index in [2.05, 4.69) is 9.97 Å². The largest absolute Gasteiger partial charge is 0.492 e. The molecule has 198 valence electrons. The Kier molecular flexibility index (Phi) is 7.70. The van der Waals surface area contributed by atoms with Gasteiger partial charge in [-0.3, -0.25) is 9.36 Å². The fourth-order valence-electron chi connectivity index (χ4n) is 4.16. The summed E-state index contributed by atoms with van der Waals surface area (Å²) in [6.07, 6.45) is 1.17. The quantitative estimate of drug-likeness (QED) is 0.325. The minimum Gasteiger partial charge on any atom is -0.492 e. The Balaban J connectivity index is 1.87. The van der Waals surface area contributed by atoms with Crippen LogP contribution in [-0.4, -0.2) is 34.7 Å². The molecular formula is C27H25F2N3O5S. The molecule has 2 heterocycles. The lowest BCUT2D eigenvalue weighted by Crippen LogP contribution is -2.33. The van der Waals surface area contributed by atoms with Gasteiger partial charge in [-0.2, -0.15) is 9.37 Å². The maximum atomic E-state index is 15.1. The summed E-state index contributed by atoms with van der Waals surface area (Å²) in [5, 5.41) is 10.6. The Hall–Kier alpha value is -3.96. The Morgan fingerprint density at radius 2 is 1.79 bits per heavy atom. The number of hydrogen-bond donors (Lipinski definition) is 1. The smallest absolute Gasteiger partial charge is 0.277 e. The zero-order valence-corrected chi connectivity index (χ0v) is 21.7. The van der Waals surface area contributed by atoms with E-state index in [-0.39, 0.29) is 29.1 Å². The van der Waals surface area contributed by atoms with Crippen LogP contribution in [0.4, 0.5) is 8.78 Å². The zero-order valence-electron chi connectivity index (χ0n) is 20.9. The van der Waals surface area contributed by atoms with Gasteiger partial charge in [-0.25, -0.2) is 17.8 Å². The average Bonchev–Trinajstić information content (AvgIpc) is 2.89. The van der Waals surface area contributed by atoms with Crippen LogP contribution in [0.2, 0.25) is 0 Å². The number of aromatic hydroxyl groups is 1. The highest BCUT2D eigenvalue weighted by atomic mass is 32.2. The lowest BCUT2D eigenvalue weighted by Gasteiger charge is -2.21. The third-order valence-corrected chi connectivity index (χ3v) is 7.96. The van der Waals surface area contributed by atoms with Crippen molar-refractivity contribution >= 4 is 9.84 Å². The van der Waals surface area contributed by atoms with Gasteiger partial charge in [0, 0.05) is 23.9 Å². The van der Waals surface area contributed by atoms with E-state index < -0.39 is 48.9 Å². The molecule has 38 heavy (non-hydrogen) atoms. The highest BCUT2D eigenvalue weighted by Crippen LogP contribution is 2.32. The van der Waals surface area contributed by atoms with Crippen LogP contribution < -0.4 is 5.56 Å². The number of hydrogen-bond acceptors (Lipinski definition) is 7. The molecule has 2 aromatic carbocycles. The van der Waals surface area contributed by atoms with E-state index in [0.717, 1.165) is 16.7 Å². The van der Waals surface area contributed by atoms with Crippen LogP contribution in [0.5, 0.6) is 5.88 Å². The molecule has 2 aromatic heterocycles. The molecule has 11 heteroatoms. The topological polar surface area (TPSA) is 111 Å². The summed E-state index contributed by atoms with van der Waals surface area (Å²) in [6.45, 7) is 4.99. The standard InChI is InChI=1S/C27H25F2N3O5S/c1-4-37-15-23-31-26(33)24(27(34)32(23)17(3)18-8-6-5-7-9-18)38(35,36)19-10-11-21(22(28)14-19)20-12-13-30-25(29)16(20)2/h5-14,17,33H,4,15H2,1-3H3/t17-/m0/s1. The molecule has 0 unspecified atom stereocenters. The predicted octanol–water partition coefficient (Wildman–Crippen LogP) is 4.58. The molecule has 0 aliphatic rings. The van der Waals surface area contributed by atoms with Crippen molar-refractivity contribution in [3.05, 3.63) is 99.9 Å². The van der Waals surface area contributed by atoms with Crippen LogP contribution in [-0.2, 0) is 21.2 Å². The van der Waals surface area contributed by atoms with Crippen LogP contribution in [0.25, 0.3) is 11.1 Å². The van der Waals surface area contributed by atoms with E-state index in [1.807, 2.05) is 0 Å². The monoisotopic (exact) mass is 541 g/mol. The van der Waals surface area contributed by atoms with Crippen molar-refractivity contribution in [2.45, 2.75) is 43.2 Å². The van der Waals surface area contributed by atoms with Crippen molar-refractivity contribution in [3.8, 4) is 17.0 Å². The molecule has 1 N–H and O–H groups in total. The lowest BCUT2D eigenvalue weighted by atomic mass is 10.0. The minimum absolute atomic E-state index is 0.0290. The van der Waals surface area contributed by atoms with Crippen molar-refractivity contribution in [2.75, 3.05) is 6.61 Å². The summed E-state index contributed by atoms with van der Waals surface area (Å²) in [5.41, 5.74) is -0.0970. The second kappa shape index (κ2) is 10.8. The van der Waals surface area contributed by atoms with Crippen LogP contribution in [0.3, 0.4) is 0 Å². The third-order valence-electron chi connectivity index (χ3n) is 6.19. The SMILES string of the molecule is CCOCc1nc(O)c(S(=O)(=O)c2ccc(-c3ccnc(F)c3C)c(F)c2)c(=O)n1[C@@H](C)c1ccccc1. The molecule has 0 aliphatic heterocycles. The predicted molar refractivity (Wildman–Crippen MR) is 136 cm³/mol. The van der Waals surface area contributed by atoms with Gasteiger partial charge < -0.3 is 9.84 Å². The van der Waals surface area contributed by atoms with E-state index in [1.165, 1.54) is 25.3 Å². The average molecular weight is 542 g/mol. The number of pyridine rings is 1. The van der Waals surface area contributed by atoms with Crippen LogP contribution in [0.1, 0.15) is 36.8 Å². The first-order valence-electron chi connectivity index (χ1n) is 11.7. The molecule has 0 spiro atoms. The first-order chi connectivity index (χ1) is 18.1. The Morgan fingerprint density at radius 1 is 1.08 bits per heavy atom. The highest BCUT2D eigenvalue weighted by molar-refractivity contribution is 7.91. The van der Waals surface area contributed by atoms with Gasteiger partial charge in [0.25, 0.3) is 5.56 Å². The van der Waals surface area contributed by atoms with E-state index in [1.54, 1.807) is 44.2 Å². The molecule has 0 amide bonds. The van der Waals surface area contributed by atoms with Gasteiger partial charge in [0.15, 0.2) is 4.90 Å². The van der Waals surface area contributed by atoms with Gasteiger partial charge in [0.2, 0.25) is 21.7 Å². The Labute approximate surface area is 218 Å². The molecule has 4 rings (SSSR count). The summed E-state index contributed by atoms with van der Waals surface area (Å²) >= 11 is 0. The highest BCUT2D eigenvalue weighted by Gasteiger charge is 2.32. The molecule has 0 fully saturated rings. The van der Waals surface area contributed by atoms with Gasteiger partial charge in [-0.15, -0.1) is 0 Å². The van der Waals surface area contributed by atoms with E-state index >= 15 is 4.39 Å². The fraction of sp³-hybridized carbons (Fsp3) is 0.222. The van der Waals surface area contributed by atoms with Gasteiger partial charge >= 0.3 is 0 Å². The second-order valence-electron chi connectivity index (χ2n) is 8.50. The van der Waals surface area contributed by atoms with Gasteiger partial charge in [-0.05, 0) is 50.1 Å². The number of sulfone groups is 1. The molecule has 0 aliphatic carbocycles. The number of rotatable bonds is 8. The molecule has 1 atom stereocenters. The van der Waals surface area contributed by atoms with Crippen molar-refractivity contribution in [2.24, 2.45) is 0 Å². The lowest BCUT2D eigenvalue weighted by molar-refractivity contribution is 0.122. The van der Waals surface area contributed by atoms with Gasteiger partial charge in [-0.1, -0.05) is 36.4 Å².